The number of aromatic nitrogens is 2. The number of anilines is 1. The number of nitrogens with one attached hydrogen (secondary N) is 1. The number of rotatable bonds is 8. The minimum Gasteiger partial charge on any atom is -0.356 e. The van der Waals surface area contributed by atoms with Gasteiger partial charge in [-0.3, -0.25) is 0 Å². The summed E-state index contributed by atoms with van der Waals surface area (Å²) >= 11 is 0. The topological polar surface area (TPSA) is 29.9 Å². The number of nitrogens with zero attached hydrogens (tertiary/aromatic N) is 2. The highest BCUT2D eigenvalue weighted by Gasteiger charge is 2.05. The van der Waals surface area contributed by atoms with E-state index >= 15 is 0 Å². The monoisotopic (exact) mass is 259 g/mol. The van der Waals surface area contributed by atoms with E-state index < -0.39 is 0 Å². The van der Waals surface area contributed by atoms with Crippen LogP contribution in [-0.4, -0.2) is 16.1 Å². The van der Waals surface area contributed by atoms with E-state index in [4.69, 9.17) is 0 Å². The third-order valence-electron chi connectivity index (χ3n) is 3.60. The molecule has 0 amide bonds. The first-order valence-corrected chi connectivity index (χ1v) is 7.48. The van der Waals surface area contributed by atoms with Crippen LogP contribution in [0.4, 0.5) is 5.95 Å². The van der Waals surface area contributed by atoms with Gasteiger partial charge in [-0.05, 0) is 18.6 Å². The van der Waals surface area contributed by atoms with Crippen molar-refractivity contribution in [2.75, 3.05) is 11.9 Å². The molecule has 1 N–H and O–H groups in total. The first-order valence-electron chi connectivity index (χ1n) is 7.48. The highest BCUT2D eigenvalue weighted by Crippen LogP contribution is 2.17. The fourth-order valence-electron chi connectivity index (χ4n) is 2.41. The zero-order chi connectivity index (χ0) is 13.5. The van der Waals surface area contributed by atoms with E-state index in [1.54, 1.807) is 0 Å². The van der Waals surface area contributed by atoms with Crippen LogP contribution >= 0.6 is 0 Å². The molecule has 2 aromatic rings. The van der Waals surface area contributed by atoms with Crippen LogP contribution in [0, 0.1) is 0 Å². The summed E-state index contributed by atoms with van der Waals surface area (Å²) in [5, 5.41) is 3.45. The second-order valence-electron chi connectivity index (χ2n) is 5.18. The molecule has 0 aliphatic carbocycles. The largest absolute Gasteiger partial charge is 0.356 e. The third-order valence-corrected chi connectivity index (χ3v) is 3.60. The third kappa shape index (κ3) is 3.72. The van der Waals surface area contributed by atoms with Crippen LogP contribution < -0.4 is 5.32 Å². The van der Waals surface area contributed by atoms with Gasteiger partial charge in [-0.2, -0.15) is 0 Å². The molecular formula is C16H25N3. The van der Waals surface area contributed by atoms with E-state index in [1.807, 2.05) is 6.07 Å². The van der Waals surface area contributed by atoms with Gasteiger partial charge in [0, 0.05) is 13.6 Å². The van der Waals surface area contributed by atoms with Crippen LogP contribution in [0.3, 0.4) is 0 Å². The Bertz CT molecular complexity index is 502. The SMILES string of the molecule is CCCCCCCCNc1nc2ccccc2n1C. The average molecular weight is 259 g/mol. The Hall–Kier alpha value is -1.51. The Kier molecular flexibility index (Phi) is 5.25. The van der Waals surface area contributed by atoms with Gasteiger partial charge in [-0.15, -0.1) is 0 Å². The molecule has 19 heavy (non-hydrogen) atoms. The predicted octanol–water partition coefficient (Wildman–Crippen LogP) is 4.35. The van der Waals surface area contributed by atoms with Crippen molar-refractivity contribution < 1.29 is 0 Å². The Morgan fingerprint density at radius 1 is 1.05 bits per heavy atom. The molecule has 0 radical (unpaired) electrons. The van der Waals surface area contributed by atoms with Gasteiger partial charge in [0.2, 0.25) is 5.95 Å². The highest BCUT2D eigenvalue weighted by atomic mass is 15.2. The molecule has 2 rings (SSSR count). The lowest BCUT2D eigenvalue weighted by Crippen LogP contribution is -2.06. The summed E-state index contributed by atoms with van der Waals surface area (Å²) in [7, 11) is 2.07. The molecule has 0 saturated heterocycles. The number of unbranched alkanes of at least 4 members (excludes halogenated alkanes) is 5. The van der Waals surface area contributed by atoms with Crippen LogP contribution in [0.15, 0.2) is 24.3 Å². The molecule has 0 atom stereocenters. The summed E-state index contributed by atoms with van der Waals surface area (Å²) in [5.74, 6) is 0.981. The molecule has 3 nitrogen and oxygen atoms in total. The van der Waals surface area contributed by atoms with Gasteiger partial charge in [0.05, 0.1) is 11.0 Å². The molecule has 0 bridgehead atoms. The van der Waals surface area contributed by atoms with Gasteiger partial charge in [-0.25, -0.2) is 4.98 Å². The molecule has 104 valence electrons. The van der Waals surface area contributed by atoms with E-state index in [-0.39, 0.29) is 0 Å². The minimum atomic E-state index is 0.981. The van der Waals surface area contributed by atoms with E-state index in [1.165, 1.54) is 44.0 Å². The summed E-state index contributed by atoms with van der Waals surface area (Å²) in [5.41, 5.74) is 2.25. The molecule has 0 saturated carbocycles. The second-order valence-corrected chi connectivity index (χ2v) is 5.18. The standard InChI is InChI=1S/C16H25N3/c1-3-4-5-6-7-10-13-17-16-18-14-11-8-9-12-15(14)19(16)2/h8-9,11-12H,3-7,10,13H2,1-2H3,(H,17,18). The van der Waals surface area contributed by atoms with Crippen molar-refractivity contribution in [3.8, 4) is 0 Å². The van der Waals surface area contributed by atoms with Gasteiger partial charge in [0.25, 0.3) is 0 Å². The van der Waals surface area contributed by atoms with Crippen molar-refractivity contribution >= 4 is 17.0 Å². The zero-order valence-corrected chi connectivity index (χ0v) is 12.2. The lowest BCUT2D eigenvalue weighted by Gasteiger charge is -2.06. The van der Waals surface area contributed by atoms with Crippen molar-refractivity contribution in [2.24, 2.45) is 7.05 Å². The predicted molar refractivity (Wildman–Crippen MR) is 82.6 cm³/mol. The van der Waals surface area contributed by atoms with Gasteiger partial charge in [0.1, 0.15) is 0 Å². The number of benzene rings is 1. The Balaban J connectivity index is 1.77. The van der Waals surface area contributed by atoms with E-state index in [0.717, 1.165) is 18.0 Å². The normalized spacial score (nSPS) is 11.1. The number of hydrogen-bond acceptors (Lipinski definition) is 2. The summed E-state index contributed by atoms with van der Waals surface area (Å²) in [6, 6.07) is 8.26. The Labute approximate surface area is 116 Å². The van der Waals surface area contributed by atoms with Crippen LogP contribution in [0.1, 0.15) is 45.4 Å². The molecule has 3 heteroatoms. The van der Waals surface area contributed by atoms with Crippen molar-refractivity contribution in [1.29, 1.82) is 0 Å². The van der Waals surface area contributed by atoms with Crippen LogP contribution in [0.5, 0.6) is 0 Å². The Morgan fingerprint density at radius 2 is 1.79 bits per heavy atom. The molecule has 1 aromatic carbocycles. The fraction of sp³-hybridized carbons (Fsp3) is 0.562. The van der Waals surface area contributed by atoms with Crippen molar-refractivity contribution in [1.82, 2.24) is 9.55 Å². The zero-order valence-electron chi connectivity index (χ0n) is 12.2. The lowest BCUT2D eigenvalue weighted by molar-refractivity contribution is 0.616. The van der Waals surface area contributed by atoms with Crippen molar-refractivity contribution in [3.63, 3.8) is 0 Å². The first kappa shape index (κ1) is 13.9. The molecule has 1 heterocycles. The summed E-state index contributed by atoms with van der Waals surface area (Å²) in [6.07, 6.45) is 7.97. The van der Waals surface area contributed by atoms with E-state index in [9.17, 15) is 0 Å². The summed E-state index contributed by atoms with van der Waals surface area (Å²) in [6.45, 7) is 3.27. The van der Waals surface area contributed by atoms with E-state index in [2.05, 4.69) is 47.0 Å². The fourth-order valence-corrected chi connectivity index (χ4v) is 2.41. The number of para-hydroxylation sites is 2. The molecule has 0 unspecified atom stereocenters. The van der Waals surface area contributed by atoms with Gasteiger partial charge < -0.3 is 9.88 Å². The molecule has 0 spiro atoms. The maximum atomic E-state index is 4.61. The van der Waals surface area contributed by atoms with Gasteiger partial charge in [-0.1, -0.05) is 51.2 Å². The molecule has 0 fully saturated rings. The average Bonchev–Trinajstić information content (AvgIpc) is 2.75. The number of hydrogen-bond donors (Lipinski definition) is 1. The van der Waals surface area contributed by atoms with Crippen LogP contribution in [0.25, 0.3) is 11.0 Å². The lowest BCUT2D eigenvalue weighted by atomic mass is 10.1. The van der Waals surface area contributed by atoms with Gasteiger partial charge >= 0.3 is 0 Å². The first-order chi connectivity index (χ1) is 9.33. The van der Waals surface area contributed by atoms with Crippen LogP contribution in [-0.2, 0) is 7.05 Å². The maximum absolute atomic E-state index is 4.61. The van der Waals surface area contributed by atoms with Gasteiger partial charge in [0.15, 0.2) is 0 Å². The summed E-state index contributed by atoms with van der Waals surface area (Å²) < 4.78 is 2.13. The number of imidazole rings is 1. The van der Waals surface area contributed by atoms with Crippen LogP contribution in [0.2, 0.25) is 0 Å². The molecule has 0 aliphatic heterocycles. The minimum absolute atomic E-state index is 0.981. The molecule has 0 aliphatic rings. The molecular weight excluding hydrogens is 234 g/mol. The Morgan fingerprint density at radius 3 is 2.58 bits per heavy atom. The summed E-state index contributed by atoms with van der Waals surface area (Å²) in [4.78, 5) is 4.61. The van der Waals surface area contributed by atoms with Crippen molar-refractivity contribution in [2.45, 2.75) is 45.4 Å². The molecule has 1 aromatic heterocycles. The maximum Gasteiger partial charge on any atom is 0.203 e. The smallest absolute Gasteiger partial charge is 0.203 e. The number of fused-ring (bicyclic) bond motifs is 1. The quantitative estimate of drug-likeness (QED) is 0.714. The highest BCUT2D eigenvalue weighted by molar-refractivity contribution is 5.78. The number of aryl methyl sites for hydroxylation is 1. The van der Waals surface area contributed by atoms with Crippen molar-refractivity contribution in [3.05, 3.63) is 24.3 Å². The van der Waals surface area contributed by atoms with E-state index in [0.29, 0.717) is 0 Å². The second kappa shape index (κ2) is 7.17.